The van der Waals surface area contributed by atoms with Crippen molar-refractivity contribution in [3.8, 4) is 0 Å². The topological polar surface area (TPSA) is 54.9 Å². The zero-order valence-corrected chi connectivity index (χ0v) is 9.84. The number of benzene rings is 2. The number of para-hydroxylation sites is 2. The van der Waals surface area contributed by atoms with Crippen LogP contribution >= 0.6 is 0 Å². The minimum absolute atomic E-state index is 0.119. The Morgan fingerprint density at radius 2 is 1.56 bits per heavy atom. The zero-order chi connectivity index (χ0) is 12.5. The summed E-state index contributed by atoms with van der Waals surface area (Å²) in [6, 6.07) is 13.0. The molecule has 1 aromatic heterocycles. The van der Waals surface area contributed by atoms with Crippen LogP contribution in [0.1, 0.15) is 10.4 Å². The van der Waals surface area contributed by atoms with E-state index in [0.717, 1.165) is 22.1 Å². The van der Waals surface area contributed by atoms with Crippen molar-refractivity contribution in [3.63, 3.8) is 0 Å². The van der Waals surface area contributed by atoms with Crippen LogP contribution in [-0.2, 0) is 0 Å². The summed E-state index contributed by atoms with van der Waals surface area (Å²) >= 11 is 0. The molecule has 0 bridgehead atoms. The molecule has 3 rings (SSSR count). The first-order chi connectivity index (χ1) is 8.78. The Bertz CT molecular complexity index is 752. The number of hydrogen-bond acceptors (Lipinski definition) is 3. The fraction of sp³-hybridized carbons (Fsp3) is 0.0714. The highest BCUT2D eigenvalue weighted by Crippen LogP contribution is 2.17. The smallest absolute Gasteiger partial charge is 0.251 e. The lowest BCUT2D eigenvalue weighted by Gasteiger charge is -2.03. The van der Waals surface area contributed by atoms with Gasteiger partial charge in [-0.3, -0.25) is 4.79 Å². The number of carbonyl (C=O) groups excluding carboxylic acids is 1. The summed E-state index contributed by atoms with van der Waals surface area (Å²) < 4.78 is 0. The van der Waals surface area contributed by atoms with Gasteiger partial charge < -0.3 is 5.32 Å². The first-order valence-corrected chi connectivity index (χ1v) is 5.66. The summed E-state index contributed by atoms with van der Waals surface area (Å²) in [6.07, 6.45) is 0. The van der Waals surface area contributed by atoms with Crippen LogP contribution in [0.5, 0.6) is 0 Å². The van der Waals surface area contributed by atoms with E-state index >= 15 is 0 Å². The van der Waals surface area contributed by atoms with Crippen molar-refractivity contribution >= 4 is 28.0 Å². The third-order valence-electron chi connectivity index (χ3n) is 2.83. The van der Waals surface area contributed by atoms with E-state index in [1.807, 2.05) is 30.3 Å². The van der Waals surface area contributed by atoms with Gasteiger partial charge in [-0.15, -0.1) is 0 Å². The third-order valence-corrected chi connectivity index (χ3v) is 2.83. The molecule has 0 aliphatic carbocycles. The van der Waals surface area contributed by atoms with E-state index in [1.54, 1.807) is 19.2 Å². The van der Waals surface area contributed by atoms with Crippen molar-refractivity contribution in [2.75, 3.05) is 7.05 Å². The Kier molecular flexibility index (Phi) is 2.41. The van der Waals surface area contributed by atoms with E-state index in [-0.39, 0.29) is 5.91 Å². The summed E-state index contributed by atoms with van der Waals surface area (Å²) in [5.74, 6) is -0.119. The van der Waals surface area contributed by atoms with Crippen LogP contribution < -0.4 is 5.32 Å². The standard InChI is InChI=1S/C14H11N3O/c1-15-14(18)9-6-7-12-13(8-9)17-11-5-3-2-4-10(11)16-12/h2-8H,1H3,(H,15,18). The number of amides is 1. The molecule has 0 saturated heterocycles. The van der Waals surface area contributed by atoms with Gasteiger partial charge in [-0.25, -0.2) is 9.97 Å². The Hall–Kier alpha value is -2.49. The maximum atomic E-state index is 11.6. The number of rotatable bonds is 1. The molecule has 0 aliphatic heterocycles. The van der Waals surface area contributed by atoms with Gasteiger partial charge in [0.2, 0.25) is 0 Å². The summed E-state index contributed by atoms with van der Waals surface area (Å²) in [4.78, 5) is 20.6. The van der Waals surface area contributed by atoms with Gasteiger partial charge in [-0.05, 0) is 30.3 Å². The second kappa shape index (κ2) is 4.07. The molecule has 0 aliphatic rings. The van der Waals surface area contributed by atoms with Crippen LogP contribution in [0.25, 0.3) is 22.1 Å². The van der Waals surface area contributed by atoms with E-state index in [9.17, 15) is 4.79 Å². The minimum atomic E-state index is -0.119. The highest BCUT2D eigenvalue weighted by Gasteiger charge is 2.06. The normalized spacial score (nSPS) is 10.7. The second-order valence-corrected chi connectivity index (χ2v) is 3.99. The van der Waals surface area contributed by atoms with Crippen molar-refractivity contribution in [1.29, 1.82) is 0 Å². The number of nitrogens with zero attached hydrogens (tertiary/aromatic N) is 2. The van der Waals surface area contributed by atoms with E-state index in [0.29, 0.717) is 5.56 Å². The second-order valence-electron chi connectivity index (χ2n) is 3.99. The number of nitrogens with one attached hydrogen (secondary N) is 1. The molecule has 1 heterocycles. The van der Waals surface area contributed by atoms with Gasteiger partial charge in [0.1, 0.15) is 0 Å². The van der Waals surface area contributed by atoms with Crippen molar-refractivity contribution in [1.82, 2.24) is 15.3 Å². The Balaban J connectivity index is 2.27. The maximum absolute atomic E-state index is 11.6. The quantitative estimate of drug-likeness (QED) is 0.660. The Labute approximate surface area is 104 Å². The fourth-order valence-electron chi connectivity index (χ4n) is 1.91. The molecule has 4 heteroatoms. The van der Waals surface area contributed by atoms with Gasteiger partial charge in [0.15, 0.2) is 0 Å². The van der Waals surface area contributed by atoms with E-state index in [1.165, 1.54) is 0 Å². The molecule has 1 N–H and O–H groups in total. The van der Waals surface area contributed by atoms with Crippen molar-refractivity contribution in [3.05, 3.63) is 48.0 Å². The Morgan fingerprint density at radius 1 is 0.944 bits per heavy atom. The lowest BCUT2D eigenvalue weighted by molar-refractivity contribution is 0.0963. The summed E-state index contributed by atoms with van der Waals surface area (Å²) in [5, 5.41) is 2.60. The minimum Gasteiger partial charge on any atom is -0.355 e. The SMILES string of the molecule is CNC(=O)c1ccc2nc3ccccc3nc2c1. The highest BCUT2D eigenvalue weighted by molar-refractivity contribution is 5.98. The monoisotopic (exact) mass is 237 g/mol. The molecular weight excluding hydrogens is 226 g/mol. The molecular formula is C14H11N3O. The third kappa shape index (κ3) is 1.68. The predicted octanol–water partition coefficient (Wildman–Crippen LogP) is 2.14. The number of aromatic nitrogens is 2. The van der Waals surface area contributed by atoms with Crippen LogP contribution in [0.2, 0.25) is 0 Å². The first kappa shape index (κ1) is 10.7. The summed E-state index contributed by atoms with van der Waals surface area (Å²) in [6.45, 7) is 0. The molecule has 4 nitrogen and oxygen atoms in total. The number of hydrogen-bond donors (Lipinski definition) is 1. The maximum Gasteiger partial charge on any atom is 0.251 e. The van der Waals surface area contributed by atoms with Crippen LogP contribution in [0.3, 0.4) is 0 Å². The molecule has 18 heavy (non-hydrogen) atoms. The zero-order valence-electron chi connectivity index (χ0n) is 9.84. The van der Waals surface area contributed by atoms with Gasteiger partial charge in [-0.1, -0.05) is 12.1 Å². The molecule has 88 valence electrons. The summed E-state index contributed by atoms with van der Waals surface area (Å²) in [5.41, 5.74) is 3.81. The molecule has 0 radical (unpaired) electrons. The van der Waals surface area contributed by atoms with Gasteiger partial charge in [0.05, 0.1) is 22.1 Å². The number of carbonyl (C=O) groups is 1. The average Bonchev–Trinajstić information content (AvgIpc) is 2.43. The van der Waals surface area contributed by atoms with E-state index < -0.39 is 0 Å². The Morgan fingerprint density at radius 3 is 2.22 bits per heavy atom. The highest BCUT2D eigenvalue weighted by atomic mass is 16.1. The molecule has 3 aromatic rings. The molecule has 0 saturated carbocycles. The van der Waals surface area contributed by atoms with Crippen molar-refractivity contribution in [2.24, 2.45) is 0 Å². The molecule has 0 unspecified atom stereocenters. The largest absolute Gasteiger partial charge is 0.355 e. The first-order valence-electron chi connectivity index (χ1n) is 5.66. The van der Waals surface area contributed by atoms with Gasteiger partial charge in [0, 0.05) is 12.6 Å². The molecule has 0 spiro atoms. The predicted molar refractivity (Wildman–Crippen MR) is 70.4 cm³/mol. The molecule has 0 fully saturated rings. The van der Waals surface area contributed by atoms with Crippen LogP contribution in [0.15, 0.2) is 42.5 Å². The number of fused-ring (bicyclic) bond motifs is 2. The van der Waals surface area contributed by atoms with E-state index in [2.05, 4.69) is 15.3 Å². The lowest BCUT2D eigenvalue weighted by atomic mass is 10.1. The van der Waals surface area contributed by atoms with Gasteiger partial charge >= 0.3 is 0 Å². The molecule has 1 amide bonds. The van der Waals surface area contributed by atoms with Crippen LogP contribution in [-0.4, -0.2) is 22.9 Å². The molecule has 0 atom stereocenters. The molecule has 2 aromatic carbocycles. The van der Waals surface area contributed by atoms with Gasteiger partial charge in [0.25, 0.3) is 5.91 Å². The lowest BCUT2D eigenvalue weighted by Crippen LogP contribution is -2.17. The van der Waals surface area contributed by atoms with Crippen molar-refractivity contribution < 1.29 is 4.79 Å². The van der Waals surface area contributed by atoms with Gasteiger partial charge in [-0.2, -0.15) is 0 Å². The summed E-state index contributed by atoms with van der Waals surface area (Å²) in [7, 11) is 1.61. The fourth-order valence-corrected chi connectivity index (χ4v) is 1.91. The average molecular weight is 237 g/mol. The van der Waals surface area contributed by atoms with E-state index in [4.69, 9.17) is 0 Å². The van der Waals surface area contributed by atoms with Crippen LogP contribution in [0, 0.1) is 0 Å². The van der Waals surface area contributed by atoms with Crippen LogP contribution in [0.4, 0.5) is 0 Å². The van der Waals surface area contributed by atoms with Crippen molar-refractivity contribution in [2.45, 2.75) is 0 Å².